The highest BCUT2D eigenvalue weighted by atomic mass is 16.5. The Morgan fingerprint density at radius 2 is 1.48 bits per heavy atom. The van der Waals surface area contributed by atoms with Crippen LogP contribution < -0.4 is 0 Å². The maximum atomic E-state index is 11.8. The Labute approximate surface area is 150 Å². The fourth-order valence-electron chi connectivity index (χ4n) is 1.52. The minimum absolute atomic E-state index is 0.349. The van der Waals surface area contributed by atoms with Crippen molar-refractivity contribution in [2.75, 3.05) is 55.9 Å². The van der Waals surface area contributed by atoms with Gasteiger partial charge in [-0.25, -0.2) is 19.8 Å². The Morgan fingerprint density at radius 1 is 0.960 bits per heavy atom. The molecule has 9 heteroatoms. The van der Waals surface area contributed by atoms with E-state index in [0.29, 0.717) is 25.3 Å². The summed E-state index contributed by atoms with van der Waals surface area (Å²) in [6.07, 6.45) is 6.11. The molecule has 1 atom stereocenters. The molecule has 25 heavy (non-hydrogen) atoms. The van der Waals surface area contributed by atoms with E-state index in [-0.39, 0.29) is 5.97 Å². The van der Waals surface area contributed by atoms with Crippen molar-refractivity contribution in [3.63, 3.8) is 0 Å². The highest BCUT2D eigenvalue weighted by Crippen LogP contribution is 2.05. The minimum Gasteiger partial charge on any atom is -0.467 e. The standard InChI is InChI=1S/C16H31N7O2/c1-21(2)11-18-14(15(24)25-7)9-8-10-17-16(19-12-22(3)4)20-13-23(5)6/h11-14H,8-10H2,1-7H3/b18-11?,19-12+,20-13+. The molecule has 142 valence electrons. The molecular weight excluding hydrogens is 322 g/mol. The molecule has 0 saturated carbocycles. The van der Waals surface area contributed by atoms with Crippen LogP contribution in [0, 0.1) is 0 Å². The maximum absolute atomic E-state index is 11.8. The smallest absolute Gasteiger partial charge is 0.330 e. The van der Waals surface area contributed by atoms with Gasteiger partial charge in [0.2, 0.25) is 5.96 Å². The zero-order valence-electron chi connectivity index (χ0n) is 16.4. The van der Waals surface area contributed by atoms with E-state index in [9.17, 15) is 4.79 Å². The highest BCUT2D eigenvalue weighted by Gasteiger charge is 2.16. The van der Waals surface area contributed by atoms with Gasteiger partial charge >= 0.3 is 5.97 Å². The molecule has 0 aromatic heterocycles. The number of esters is 1. The van der Waals surface area contributed by atoms with E-state index in [0.717, 1.165) is 0 Å². The van der Waals surface area contributed by atoms with Crippen LogP contribution in [0.3, 0.4) is 0 Å². The molecule has 0 aliphatic carbocycles. The Balaban J connectivity index is 4.78. The van der Waals surface area contributed by atoms with Crippen LogP contribution in [-0.4, -0.2) is 108 Å². The molecule has 0 radical (unpaired) electrons. The predicted molar refractivity (Wildman–Crippen MR) is 104 cm³/mol. The van der Waals surface area contributed by atoms with Gasteiger partial charge in [-0.05, 0) is 12.8 Å². The molecule has 0 N–H and O–H groups in total. The first-order chi connectivity index (χ1) is 11.8. The number of ether oxygens (including phenoxy) is 1. The van der Waals surface area contributed by atoms with Gasteiger partial charge in [0, 0.05) is 48.8 Å². The zero-order chi connectivity index (χ0) is 19.2. The number of hydrogen-bond donors (Lipinski definition) is 0. The van der Waals surface area contributed by atoms with Crippen LogP contribution in [0.2, 0.25) is 0 Å². The topological polar surface area (TPSA) is 85.5 Å². The van der Waals surface area contributed by atoms with E-state index in [1.807, 2.05) is 52.1 Å². The van der Waals surface area contributed by atoms with E-state index >= 15 is 0 Å². The third-order valence-corrected chi connectivity index (χ3v) is 2.65. The number of methoxy groups -OCH3 is 1. The van der Waals surface area contributed by atoms with Gasteiger partial charge in [0.25, 0.3) is 0 Å². The van der Waals surface area contributed by atoms with Crippen LogP contribution in [0.15, 0.2) is 20.0 Å². The molecule has 0 amide bonds. The zero-order valence-corrected chi connectivity index (χ0v) is 16.4. The minimum atomic E-state index is -0.526. The molecule has 0 heterocycles. The van der Waals surface area contributed by atoms with Crippen molar-refractivity contribution < 1.29 is 9.53 Å². The second-order valence-corrected chi connectivity index (χ2v) is 6.01. The molecule has 0 aliphatic heterocycles. The second-order valence-electron chi connectivity index (χ2n) is 6.01. The van der Waals surface area contributed by atoms with Gasteiger partial charge in [-0.15, -0.1) is 0 Å². The van der Waals surface area contributed by atoms with Gasteiger partial charge in [-0.2, -0.15) is 0 Å². The second kappa shape index (κ2) is 12.9. The molecule has 0 aliphatic rings. The predicted octanol–water partition coefficient (Wildman–Crippen LogP) is 0.434. The Bertz CT molecular complexity index is 477. The first kappa shape index (κ1) is 22.6. The van der Waals surface area contributed by atoms with Crippen LogP contribution in [-0.2, 0) is 9.53 Å². The normalized spacial score (nSPS) is 12.6. The average Bonchev–Trinajstić information content (AvgIpc) is 2.54. The fraction of sp³-hybridized carbons (Fsp3) is 0.688. The van der Waals surface area contributed by atoms with Crippen molar-refractivity contribution in [1.82, 2.24) is 14.7 Å². The lowest BCUT2D eigenvalue weighted by Crippen LogP contribution is -2.22. The van der Waals surface area contributed by atoms with Crippen molar-refractivity contribution in [2.45, 2.75) is 18.9 Å². The Morgan fingerprint density at radius 3 is 1.92 bits per heavy atom. The summed E-state index contributed by atoms with van der Waals surface area (Å²) in [6.45, 7) is 0.496. The summed E-state index contributed by atoms with van der Waals surface area (Å²) in [5.74, 6) is 0.0346. The van der Waals surface area contributed by atoms with Crippen LogP contribution in [0.5, 0.6) is 0 Å². The van der Waals surface area contributed by atoms with Crippen molar-refractivity contribution in [2.24, 2.45) is 20.0 Å². The molecule has 0 bridgehead atoms. The highest BCUT2D eigenvalue weighted by molar-refractivity contribution is 5.92. The molecule has 0 rings (SSSR count). The summed E-state index contributed by atoms with van der Waals surface area (Å²) < 4.78 is 4.79. The number of guanidine groups is 1. The van der Waals surface area contributed by atoms with E-state index in [1.165, 1.54) is 7.11 Å². The number of carbonyl (C=O) groups excluding carboxylic acids is 1. The number of hydrogen-bond acceptors (Lipinski definition) is 4. The number of aliphatic imine (C=N–C) groups is 4. The molecule has 1 unspecified atom stereocenters. The van der Waals surface area contributed by atoms with Gasteiger partial charge < -0.3 is 19.4 Å². The van der Waals surface area contributed by atoms with Crippen molar-refractivity contribution in [3.8, 4) is 0 Å². The van der Waals surface area contributed by atoms with Gasteiger partial charge in [-0.1, -0.05) is 0 Å². The quantitative estimate of drug-likeness (QED) is 0.260. The summed E-state index contributed by atoms with van der Waals surface area (Å²) in [5, 5.41) is 0. The van der Waals surface area contributed by atoms with E-state index in [1.54, 1.807) is 23.9 Å². The summed E-state index contributed by atoms with van der Waals surface area (Å²) >= 11 is 0. The van der Waals surface area contributed by atoms with Crippen molar-refractivity contribution in [1.29, 1.82) is 0 Å². The third kappa shape index (κ3) is 12.6. The third-order valence-electron chi connectivity index (χ3n) is 2.65. The molecular formula is C16H31N7O2. The summed E-state index contributed by atoms with van der Waals surface area (Å²) in [6, 6.07) is -0.526. The summed E-state index contributed by atoms with van der Waals surface area (Å²) in [4.78, 5) is 34.2. The summed E-state index contributed by atoms with van der Waals surface area (Å²) in [7, 11) is 12.6. The van der Waals surface area contributed by atoms with E-state index in [2.05, 4.69) is 20.0 Å². The van der Waals surface area contributed by atoms with Gasteiger partial charge in [0.05, 0.1) is 26.1 Å². The lowest BCUT2D eigenvalue weighted by molar-refractivity contribution is -0.142. The molecule has 9 nitrogen and oxygen atoms in total. The monoisotopic (exact) mass is 353 g/mol. The lowest BCUT2D eigenvalue weighted by atomic mass is 10.1. The number of carbonyl (C=O) groups is 1. The fourth-order valence-corrected chi connectivity index (χ4v) is 1.52. The first-order valence-corrected chi connectivity index (χ1v) is 7.99. The average molecular weight is 353 g/mol. The SMILES string of the molecule is COC(=O)C(CCCN=C(/N=C/N(C)C)/N=C/N(C)C)N=CN(C)C. The van der Waals surface area contributed by atoms with Crippen LogP contribution in [0.25, 0.3) is 0 Å². The van der Waals surface area contributed by atoms with Gasteiger partial charge in [-0.3, -0.25) is 4.99 Å². The van der Waals surface area contributed by atoms with Crippen LogP contribution in [0.4, 0.5) is 0 Å². The van der Waals surface area contributed by atoms with Crippen LogP contribution >= 0.6 is 0 Å². The van der Waals surface area contributed by atoms with Crippen molar-refractivity contribution >= 4 is 30.9 Å². The van der Waals surface area contributed by atoms with Crippen LogP contribution in [0.1, 0.15) is 12.8 Å². The number of nitrogens with zero attached hydrogens (tertiary/aromatic N) is 7. The number of rotatable bonds is 9. The largest absolute Gasteiger partial charge is 0.467 e. The molecule has 0 aromatic rings. The lowest BCUT2D eigenvalue weighted by Gasteiger charge is -2.11. The molecule has 0 spiro atoms. The van der Waals surface area contributed by atoms with Gasteiger partial charge in [0.1, 0.15) is 6.04 Å². The van der Waals surface area contributed by atoms with E-state index in [4.69, 9.17) is 4.74 Å². The summed E-state index contributed by atoms with van der Waals surface area (Å²) in [5.41, 5.74) is 0. The van der Waals surface area contributed by atoms with Gasteiger partial charge in [0.15, 0.2) is 0 Å². The molecule has 0 saturated heterocycles. The van der Waals surface area contributed by atoms with E-state index < -0.39 is 6.04 Å². The molecule has 0 aromatic carbocycles. The Kier molecular flexibility index (Phi) is 11.6. The maximum Gasteiger partial charge on any atom is 0.330 e. The Hall–Kier alpha value is -2.45. The van der Waals surface area contributed by atoms with Crippen molar-refractivity contribution in [3.05, 3.63) is 0 Å². The first-order valence-electron chi connectivity index (χ1n) is 7.99. The molecule has 0 fully saturated rings.